The molecule has 0 aliphatic rings. The molecular weight excluding hydrogens is 190 g/mol. The number of pyridine rings is 2. The summed E-state index contributed by atoms with van der Waals surface area (Å²) in [6, 6.07) is 9.28. The number of fused-ring (bicyclic) bond motifs is 1. The molecule has 3 heterocycles. The van der Waals surface area contributed by atoms with Crippen molar-refractivity contribution in [2.75, 3.05) is 0 Å². The van der Waals surface area contributed by atoms with Crippen LogP contribution in [0.2, 0.25) is 0 Å². The predicted molar refractivity (Wildman–Crippen MR) is 55.0 cm³/mol. The van der Waals surface area contributed by atoms with E-state index >= 15 is 0 Å². The van der Waals surface area contributed by atoms with Crippen molar-refractivity contribution in [2.24, 2.45) is 0 Å². The lowest BCUT2D eigenvalue weighted by atomic mass is 10.3. The van der Waals surface area contributed by atoms with Crippen LogP contribution in [0, 0.1) is 0 Å². The highest BCUT2D eigenvalue weighted by Gasteiger charge is 2.08. The number of rotatable bonds is 1. The summed E-state index contributed by atoms with van der Waals surface area (Å²) >= 11 is 0. The summed E-state index contributed by atoms with van der Waals surface area (Å²) in [6.45, 7) is 0. The van der Waals surface area contributed by atoms with Crippen LogP contribution < -0.4 is 0 Å². The fourth-order valence-corrected chi connectivity index (χ4v) is 1.37. The molecule has 0 saturated carbocycles. The highest BCUT2D eigenvalue weighted by atomic mass is 16.4. The summed E-state index contributed by atoms with van der Waals surface area (Å²) in [7, 11) is 0. The van der Waals surface area contributed by atoms with E-state index < -0.39 is 0 Å². The van der Waals surface area contributed by atoms with E-state index in [0.29, 0.717) is 11.6 Å². The van der Waals surface area contributed by atoms with E-state index in [0.717, 1.165) is 11.2 Å². The topological polar surface area (TPSA) is 51.8 Å². The van der Waals surface area contributed by atoms with Crippen molar-refractivity contribution in [2.45, 2.75) is 0 Å². The van der Waals surface area contributed by atoms with Gasteiger partial charge in [0.25, 0.3) is 0 Å². The second kappa shape index (κ2) is 3.16. The zero-order valence-electron chi connectivity index (χ0n) is 7.79. The molecule has 0 N–H and O–H groups in total. The fraction of sp³-hybridized carbons (Fsp3) is 0. The van der Waals surface area contributed by atoms with Crippen molar-refractivity contribution in [1.82, 2.24) is 15.0 Å². The molecule has 4 nitrogen and oxygen atoms in total. The zero-order chi connectivity index (χ0) is 10.1. The molecular formula is C11H7N3O. The van der Waals surface area contributed by atoms with Crippen LogP contribution >= 0.6 is 0 Å². The van der Waals surface area contributed by atoms with Crippen LogP contribution in [0.25, 0.3) is 22.8 Å². The third-order valence-electron chi connectivity index (χ3n) is 2.05. The highest BCUT2D eigenvalue weighted by Crippen LogP contribution is 2.20. The number of hydrogen-bond acceptors (Lipinski definition) is 4. The predicted octanol–water partition coefficient (Wildman–Crippen LogP) is 2.28. The monoisotopic (exact) mass is 197 g/mol. The second-order valence-electron chi connectivity index (χ2n) is 3.06. The van der Waals surface area contributed by atoms with Gasteiger partial charge >= 0.3 is 0 Å². The average molecular weight is 197 g/mol. The van der Waals surface area contributed by atoms with Gasteiger partial charge in [-0.15, -0.1) is 0 Å². The molecule has 4 heteroatoms. The van der Waals surface area contributed by atoms with Crippen molar-refractivity contribution in [1.29, 1.82) is 0 Å². The van der Waals surface area contributed by atoms with Crippen LogP contribution in [0.15, 0.2) is 47.1 Å². The first-order valence-corrected chi connectivity index (χ1v) is 4.56. The number of nitrogens with zero attached hydrogens (tertiary/aromatic N) is 3. The molecule has 0 amide bonds. The summed E-state index contributed by atoms with van der Waals surface area (Å²) in [4.78, 5) is 12.5. The van der Waals surface area contributed by atoms with Crippen molar-refractivity contribution < 1.29 is 4.42 Å². The molecule has 0 radical (unpaired) electrons. The SMILES string of the molecule is c1ccc(-c2nc3cccnc3o2)nc1. The molecule has 72 valence electrons. The minimum atomic E-state index is 0.504. The Morgan fingerprint density at radius 1 is 0.933 bits per heavy atom. The lowest BCUT2D eigenvalue weighted by Crippen LogP contribution is -1.80. The minimum Gasteiger partial charge on any atom is -0.416 e. The van der Waals surface area contributed by atoms with Gasteiger partial charge in [0, 0.05) is 12.4 Å². The molecule has 15 heavy (non-hydrogen) atoms. The number of hydrogen-bond donors (Lipinski definition) is 0. The van der Waals surface area contributed by atoms with Crippen LogP contribution in [-0.4, -0.2) is 15.0 Å². The Balaban J connectivity index is 2.21. The van der Waals surface area contributed by atoms with Crippen molar-refractivity contribution in [3.63, 3.8) is 0 Å². The van der Waals surface area contributed by atoms with Crippen LogP contribution in [0.4, 0.5) is 0 Å². The van der Waals surface area contributed by atoms with Crippen molar-refractivity contribution in [3.8, 4) is 11.6 Å². The lowest BCUT2D eigenvalue weighted by molar-refractivity contribution is 0.605. The van der Waals surface area contributed by atoms with E-state index in [1.165, 1.54) is 0 Å². The summed E-state index contributed by atoms with van der Waals surface area (Å²) in [5, 5.41) is 0. The average Bonchev–Trinajstić information content (AvgIpc) is 2.74. The molecule has 0 spiro atoms. The summed E-state index contributed by atoms with van der Waals surface area (Å²) in [5.74, 6) is 0.504. The molecule has 0 unspecified atom stereocenters. The van der Waals surface area contributed by atoms with Crippen LogP contribution in [0.3, 0.4) is 0 Å². The molecule has 0 aliphatic carbocycles. The van der Waals surface area contributed by atoms with Gasteiger partial charge in [0.05, 0.1) is 0 Å². The molecule has 0 atom stereocenters. The quantitative estimate of drug-likeness (QED) is 0.600. The standard InChI is InChI=1S/C11H7N3O/c1-2-6-12-8(4-1)11-14-9-5-3-7-13-10(9)15-11/h1-7H. The largest absolute Gasteiger partial charge is 0.416 e. The van der Waals surface area contributed by atoms with E-state index in [4.69, 9.17) is 4.42 Å². The van der Waals surface area contributed by atoms with E-state index in [-0.39, 0.29) is 0 Å². The molecule has 0 bridgehead atoms. The number of aromatic nitrogens is 3. The van der Waals surface area contributed by atoms with E-state index in [1.807, 2.05) is 30.3 Å². The van der Waals surface area contributed by atoms with Gasteiger partial charge in [-0.3, -0.25) is 4.98 Å². The molecule has 3 aromatic rings. The second-order valence-corrected chi connectivity index (χ2v) is 3.06. The maximum Gasteiger partial charge on any atom is 0.248 e. The maximum atomic E-state index is 5.47. The van der Waals surface area contributed by atoms with Gasteiger partial charge in [-0.25, -0.2) is 9.97 Å². The van der Waals surface area contributed by atoms with Gasteiger partial charge in [0.1, 0.15) is 11.2 Å². The molecule has 0 aliphatic heterocycles. The van der Waals surface area contributed by atoms with Crippen molar-refractivity contribution in [3.05, 3.63) is 42.7 Å². The first-order valence-electron chi connectivity index (χ1n) is 4.56. The van der Waals surface area contributed by atoms with E-state index in [9.17, 15) is 0 Å². The Morgan fingerprint density at radius 3 is 2.67 bits per heavy atom. The van der Waals surface area contributed by atoms with E-state index in [2.05, 4.69) is 15.0 Å². The molecule has 0 fully saturated rings. The Labute approximate surface area is 85.6 Å². The van der Waals surface area contributed by atoms with Crippen LogP contribution in [0.1, 0.15) is 0 Å². The third-order valence-corrected chi connectivity index (χ3v) is 2.05. The number of oxazole rings is 1. The molecule has 0 saturated heterocycles. The minimum absolute atomic E-state index is 0.504. The van der Waals surface area contributed by atoms with Crippen LogP contribution in [0.5, 0.6) is 0 Å². The van der Waals surface area contributed by atoms with Gasteiger partial charge in [0.2, 0.25) is 11.6 Å². The van der Waals surface area contributed by atoms with Gasteiger partial charge < -0.3 is 4.42 Å². The van der Waals surface area contributed by atoms with Gasteiger partial charge in [0.15, 0.2) is 0 Å². The Bertz CT molecular complexity index is 556. The fourth-order valence-electron chi connectivity index (χ4n) is 1.37. The summed E-state index contributed by atoms with van der Waals surface area (Å²) < 4.78 is 5.47. The third kappa shape index (κ3) is 1.36. The van der Waals surface area contributed by atoms with Gasteiger partial charge in [-0.1, -0.05) is 6.07 Å². The Morgan fingerprint density at radius 2 is 1.87 bits per heavy atom. The smallest absolute Gasteiger partial charge is 0.248 e. The normalized spacial score (nSPS) is 10.7. The Hall–Kier alpha value is -2.23. The van der Waals surface area contributed by atoms with E-state index in [1.54, 1.807) is 12.4 Å². The first-order chi connectivity index (χ1) is 7.43. The van der Waals surface area contributed by atoms with Gasteiger partial charge in [-0.05, 0) is 24.3 Å². The van der Waals surface area contributed by atoms with Crippen LogP contribution in [-0.2, 0) is 0 Å². The molecule has 3 rings (SSSR count). The molecule has 0 aromatic carbocycles. The lowest BCUT2D eigenvalue weighted by Gasteiger charge is -1.90. The van der Waals surface area contributed by atoms with Crippen molar-refractivity contribution >= 4 is 11.2 Å². The van der Waals surface area contributed by atoms with Gasteiger partial charge in [-0.2, -0.15) is 0 Å². The first kappa shape index (κ1) is 8.11. The Kier molecular flexibility index (Phi) is 1.71. The molecule has 3 aromatic heterocycles. The summed E-state index contributed by atoms with van der Waals surface area (Å²) in [6.07, 6.45) is 3.38. The maximum absolute atomic E-state index is 5.47. The zero-order valence-corrected chi connectivity index (χ0v) is 7.79. The summed E-state index contributed by atoms with van der Waals surface area (Å²) in [5.41, 5.74) is 2.01. The highest BCUT2D eigenvalue weighted by molar-refractivity contribution is 5.71.